The van der Waals surface area contributed by atoms with Crippen LogP contribution in [0, 0.1) is 10.1 Å². The summed E-state index contributed by atoms with van der Waals surface area (Å²) in [5, 5.41) is 11.3. The van der Waals surface area contributed by atoms with Gasteiger partial charge in [-0.3, -0.25) is 14.9 Å². The van der Waals surface area contributed by atoms with Crippen LogP contribution < -0.4 is 4.74 Å². The van der Waals surface area contributed by atoms with Crippen molar-refractivity contribution in [3.63, 3.8) is 0 Å². The standard InChI is InChI=1S/C12H11BrClNO5/c1-2-19-12-9(16)5-10(12)20-11-7(13)3-6(14)4-8(11)15(17)18/h3-4,10,12H,2,5H2,1H3. The number of Topliss-reactive ketones (excluding diaryl/α,β-unsaturated/α-hetero) is 1. The van der Waals surface area contributed by atoms with Gasteiger partial charge in [-0.2, -0.15) is 0 Å². The highest BCUT2D eigenvalue weighted by atomic mass is 79.9. The summed E-state index contributed by atoms with van der Waals surface area (Å²) in [6.45, 7) is 2.14. The van der Waals surface area contributed by atoms with Crippen LogP contribution in [0.1, 0.15) is 13.3 Å². The Bertz CT molecular complexity index is 565. The molecule has 0 aliphatic heterocycles. The summed E-state index contributed by atoms with van der Waals surface area (Å²) in [7, 11) is 0. The Hall–Kier alpha value is -1.18. The van der Waals surface area contributed by atoms with Gasteiger partial charge in [-0.05, 0) is 28.9 Å². The van der Waals surface area contributed by atoms with Gasteiger partial charge in [0.2, 0.25) is 5.75 Å². The molecule has 0 heterocycles. The lowest BCUT2D eigenvalue weighted by Crippen LogP contribution is -2.52. The number of nitro groups is 1. The van der Waals surface area contributed by atoms with Crippen LogP contribution in [0.25, 0.3) is 0 Å². The number of rotatable bonds is 5. The predicted octanol–water partition coefficient (Wildman–Crippen LogP) is 3.14. The molecular formula is C12H11BrClNO5. The van der Waals surface area contributed by atoms with E-state index in [1.165, 1.54) is 12.1 Å². The van der Waals surface area contributed by atoms with Gasteiger partial charge in [-0.15, -0.1) is 0 Å². The number of halogens is 2. The van der Waals surface area contributed by atoms with Crippen molar-refractivity contribution in [3.05, 3.63) is 31.7 Å². The van der Waals surface area contributed by atoms with Crippen LogP contribution in [0.5, 0.6) is 5.75 Å². The average molecular weight is 365 g/mol. The van der Waals surface area contributed by atoms with E-state index < -0.39 is 17.1 Å². The quantitative estimate of drug-likeness (QED) is 0.592. The smallest absolute Gasteiger partial charge is 0.313 e. The lowest BCUT2D eigenvalue weighted by molar-refractivity contribution is -0.386. The van der Waals surface area contributed by atoms with Gasteiger partial charge in [0.25, 0.3) is 0 Å². The first-order valence-corrected chi connectivity index (χ1v) is 7.05. The molecule has 8 heteroatoms. The molecule has 1 aromatic rings. The van der Waals surface area contributed by atoms with E-state index in [0.29, 0.717) is 11.1 Å². The van der Waals surface area contributed by atoms with Crippen LogP contribution in [-0.4, -0.2) is 29.5 Å². The summed E-state index contributed by atoms with van der Waals surface area (Å²) >= 11 is 8.97. The van der Waals surface area contributed by atoms with Crippen LogP contribution in [0.2, 0.25) is 5.02 Å². The highest BCUT2D eigenvalue weighted by Gasteiger charge is 2.43. The van der Waals surface area contributed by atoms with Crippen LogP contribution in [0.4, 0.5) is 5.69 Å². The molecule has 0 saturated heterocycles. The fraction of sp³-hybridized carbons (Fsp3) is 0.417. The van der Waals surface area contributed by atoms with E-state index in [0.717, 1.165) is 0 Å². The average Bonchev–Trinajstić information content (AvgIpc) is 2.37. The summed E-state index contributed by atoms with van der Waals surface area (Å²) in [6.07, 6.45) is -1.00. The van der Waals surface area contributed by atoms with Crippen molar-refractivity contribution in [1.82, 2.24) is 0 Å². The second kappa shape index (κ2) is 6.07. The number of benzene rings is 1. The monoisotopic (exact) mass is 363 g/mol. The topological polar surface area (TPSA) is 78.7 Å². The number of ether oxygens (including phenoxy) is 2. The van der Waals surface area contributed by atoms with Gasteiger partial charge >= 0.3 is 5.69 Å². The third-order valence-electron chi connectivity index (χ3n) is 2.86. The number of hydrogen-bond acceptors (Lipinski definition) is 5. The summed E-state index contributed by atoms with van der Waals surface area (Å²) in [5.74, 6) is -0.00816. The first-order valence-electron chi connectivity index (χ1n) is 5.88. The summed E-state index contributed by atoms with van der Waals surface area (Å²) in [6, 6.07) is 2.71. The van der Waals surface area contributed by atoms with E-state index in [9.17, 15) is 14.9 Å². The van der Waals surface area contributed by atoms with Gasteiger partial charge in [0.05, 0.1) is 9.40 Å². The Morgan fingerprint density at radius 1 is 1.55 bits per heavy atom. The molecule has 0 aromatic heterocycles. The van der Waals surface area contributed by atoms with Crippen LogP contribution in [0.15, 0.2) is 16.6 Å². The minimum atomic E-state index is -0.665. The van der Waals surface area contributed by atoms with Gasteiger partial charge in [0, 0.05) is 24.1 Å². The van der Waals surface area contributed by atoms with Gasteiger partial charge in [-0.1, -0.05) is 11.6 Å². The Morgan fingerprint density at radius 3 is 2.80 bits per heavy atom. The van der Waals surface area contributed by atoms with Crippen molar-refractivity contribution in [3.8, 4) is 5.75 Å². The van der Waals surface area contributed by atoms with E-state index in [1.807, 2.05) is 0 Å². The molecule has 1 aliphatic carbocycles. The highest BCUT2D eigenvalue weighted by Crippen LogP contribution is 2.40. The zero-order chi connectivity index (χ0) is 14.9. The summed E-state index contributed by atoms with van der Waals surface area (Å²) < 4.78 is 11.2. The Morgan fingerprint density at radius 2 is 2.25 bits per heavy atom. The van der Waals surface area contributed by atoms with Crippen molar-refractivity contribution >= 4 is 39.0 Å². The third kappa shape index (κ3) is 2.94. The fourth-order valence-electron chi connectivity index (χ4n) is 1.90. The van der Waals surface area contributed by atoms with E-state index in [2.05, 4.69) is 15.9 Å². The van der Waals surface area contributed by atoms with Crippen molar-refractivity contribution in [2.24, 2.45) is 0 Å². The third-order valence-corrected chi connectivity index (χ3v) is 3.67. The highest BCUT2D eigenvalue weighted by molar-refractivity contribution is 9.10. The molecular weight excluding hydrogens is 353 g/mol. The SMILES string of the molecule is CCOC1C(=O)CC1Oc1c(Br)cc(Cl)cc1[N+](=O)[O-]. The minimum Gasteiger partial charge on any atom is -0.479 e. The molecule has 0 N–H and O–H groups in total. The Kier molecular flexibility index (Phi) is 4.62. The first kappa shape index (κ1) is 15.2. The van der Waals surface area contributed by atoms with Gasteiger partial charge in [0.1, 0.15) is 6.10 Å². The zero-order valence-electron chi connectivity index (χ0n) is 10.5. The number of nitro benzene ring substituents is 1. The lowest BCUT2D eigenvalue weighted by Gasteiger charge is -2.34. The molecule has 2 rings (SSSR count). The van der Waals surface area contributed by atoms with E-state index in [4.69, 9.17) is 21.1 Å². The Balaban J connectivity index is 2.25. The number of hydrogen-bond donors (Lipinski definition) is 0. The molecule has 1 aliphatic rings. The van der Waals surface area contributed by atoms with Crippen LogP contribution >= 0.6 is 27.5 Å². The maximum absolute atomic E-state index is 11.4. The van der Waals surface area contributed by atoms with Crippen LogP contribution in [0.3, 0.4) is 0 Å². The summed E-state index contributed by atoms with van der Waals surface area (Å²) in [4.78, 5) is 21.9. The normalized spacial score (nSPS) is 21.4. The maximum atomic E-state index is 11.4. The van der Waals surface area contributed by atoms with Gasteiger partial charge < -0.3 is 9.47 Å². The second-order valence-electron chi connectivity index (χ2n) is 4.20. The Labute approximate surface area is 128 Å². The zero-order valence-corrected chi connectivity index (χ0v) is 12.8. The molecule has 0 radical (unpaired) electrons. The van der Waals surface area contributed by atoms with Crippen molar-refractivity contribution in [2.45, 2.75) is 25.6 Å². The number of nitrogens with zero attached hydrogens (tertiary/aromatic N) is 1. The van der Waals surface area contributed by atoms with Crippen molar-refractivity contribution in [2.75, 3.05) is 6.61 Å². The molecule has 1 saturated carbocycles. The fourth-order valence-corrected chi connectivity index (χ4v) is 2.79. The van der Waals surface area contributed by atoms with Gasteiger partial charge in [-0.25, -0.2) is 0 Å². The number of carbonyl (C=O) groups is 1. The molecule has 108 valence electrons. The van der Waals surface area contributed by atoms with E-state index in [-0.39, 0.29) is 28.7 Å². The minimum absolute atomic E-state index is 0.0570. The lowest BCUT2D eigenvalue weighted by atomic mass is 9.90. The van der Waals surface area contributed by atoms with Crippen LogP contribution in [-0.2, 0) is 9.53 Å². The largest absolute Gasteiger partial charge is 0.479 e. The van der Waals surface area contributed by atoms with Crippen molar-refractivity contribution in [1.29, 1.82) is 0 Å². The molecule has 6 nitrogen and oxygen atoms in total. The predicted molar refractivity (Wildman–Crippen MR) is 75.3 cm³/mol. The first-order chi connectivity index (χ1) is 9.43. The van der Waals surface area contributed by atoms with Crippen molar-refractivity contribution < 1.29 is 19.2 Å². The molecule has 1 fully saturated rings. The molecule has 2 atom stereocenters. The number of carbonyl (C=O) groups excluding carboxylic acids is 1. The molecule has 20 heavy (non-hydrogen) atoms. The summed E-state index contributed by atoms with van der Waals surface area (Å²) in [5.41, 5.74) is -0.251. The molecule has 0 spiro atoms. The second-order valence-corrected chi connectivity index (χ2v) is 5.49. The molecule has 1 aromatic carbocycles. The maximum Gasteiger partial charge on any atom is 0.313 e. The number of ketones is 1. The van der Waals surface area contributed by atoms with Gasteiger partial charge in [0.15, 0.2) is 11.9 Å². The molecule has 2 unspecified atom stereocenters. The molecule has 0 amide bonds. The van der Waals surface area contributed by atoms with E-state index in [1.54, 1.807) is 6.92 Å². The van der Waals surface area contributed by atoms with E-state index >= 15 is 0 Å². The molecule has 0 bridgehead atoms.